The molecule has 1 aromatic carbocycles. The molecule has 2 N–H and O–H groups in total. The predicted molar refractivity (Wildman–Crippen MR) is 56.2 cm³/mol. The van der Waals surface area contributed by atoms with E-state index in [-0.39, 0.29) is 6.54 Å². The molecule has 0 spiro atoms. The van der Waals surface area contributed by atoms with Crippen LogP contribution in [0.15, 0.2) is 30.5 Å². The first-order chi connectivity index (χ1) is 7.29. The average Bonchev–Trinajstić information content (AvgIpc) is 2.29. The summed E-state index contributed by atoms with van der Waals surface area (Å²) in [5, 5.41) is 1.48. The lowest BCUT2D eigenvalue weighted by atomic mass is 10.1. The molecule has 1 aromatic rings. The van der Waals surface area contributed by atoms with Crippen LogP contribution in [0.25, 0.3) is 6.08 Å². The zero-order chi connectivity index (χ0) is 10.7. The molecule has 4 nitrogen and oxygen atoms in total. The quantitative estimate of drug-likeness (QED) is 0.777. The minimum Gasteiger partial charge on any atom is -0.340 e. The Bertz CT molecular complexity index is 401. The second-order valence-electron chi connectivity index (χ2n) is 3.26. The van der Waals surface area contributed by atoms with Crippen molar-refractivity contribution >= 4 is 12.0 Å². The Balaban J connectivity index is 2.09. The van der Waals surface area contributed by atoms with Crippen LogP contribution in [0.3, 0.4) is 0 Å². The molecule has 0 amide bonds. The van der Waals surface area contributed by atoms with Gasteiger partial charge in [-0.2, -0.15) is 0 Å². The topological polar surface area (TPSA) is 55.6 Å². The Morgan fingerprint density at radius 2 is 2.27 bits per heavy atom. The summed E-state index contributed by atoms with van der Waals surface area (Å²) in [6.07, 6.45) is 3.64. The summed E-state index contributed by atoms with van der Waals surface area (Å²) in [4.78, 5) is 15.9. The third-order valence-corrected chi connectivity index (χ3v) is 2.19. The molecule has 2 rings (SSSR count). The van der Waals surface area contributed by atoms with Crippen molar-refractivity contribution in [2.45, 2.75) is 6.54 Å². The SMILES string of the molecule is NCC(=O)ON1C=Cc2ccccc2C1. The van der Waals surface area contributed by atoms with Crippen LogP contribution in [0.1, 0.15) is 11.1 Å². The Morgan fingerprint density at radius 1 is 1.47 bits per heavy atom. The van der Waals surface area contributed by atoms with Crippen molar-refractivity contribution in [3.05, 3.63) is 41.6 Å². The van der Waals surface area contributed by atoms with Gasteiger partial charge in [-0.25, -0.2) is 9.86 Å². The second-order valence-corrected chi connectivity index (χ2v) is 3.26. The van der Waals surface area contributed by atoms with Crippen molar-refractivity contribution in [3.63, 3.8) is 0 Å². The summed E-state index contributed by atoms with van der Waals surface area (Å²) >= 11 is 0. The molecule has 1 aliphatic rings. The highest BCUT2D eigenvalue weighted by atomic mass is 16.7. The smallest absolute Gasteiger partial charge is 0.340 e. The van der Waals surface area contributed by atoms with Crippen LogP contribution in [0.4, 0.5) is 0 Å². The number of hydrogen-bond donors (Lipinski definition) is 1. The molecule has 0 saturated heterocycles. The van der Waals surface area contributed by atoms with E-state index in [1.54, 1.807) is 6.20 Å². The van der Waals surface area contributed by atoms with Crippen LogP contribution in [0.5, 0.6) is 0 Å². The molecule has 0 atom stereocenters. The summed E-state index contributed by atoms with van der Waals surface area (Å²) in [5.74, 6) is -0.431. The second kappa shape index (κ2) is 4.14. The lowest BCUT2D eigenvalue weighted by Gasteiger charge is -2.23. The van der Waals surface area contributed by atoms with Crippen molar-refractivity contribution in [2.75, 3.05) is 6.54 Å². The van der Waals surface area contributed by atoms with Crippen LogP contribution < -0.4 is 5.73 Å². The molecule has 0 fully saturated rings. The number of hydroxylamine groups is 2. The standard InChI is InChI=1S/C11H12N2O2/c12-7-11(14)15-13-6-5-9-3-1-2-4-10(9)8-13/h1-6H,7-8,12H2. The molecule has 1 aliphatic heterocycles. The zero-order valence-corrected chi connectivity index (χ0v) is 8.22. The van der Waals surface area contributed by atoms with E-state index in [0.717, 1.165) is 11.1 Å². The van der Waals surface area contributed by atoms with Gasteiger partial charge in [0.15, 0.2) is 0 Å². The van der Waals surface area contributed by atoms with E-state index in [9.17, 15) is 4.79 Å². The number of rotatable bonds is 2. The molecule has 0 aliphatic carbocycles. The largest absolute Gasteiger partial charge is 0.345 e. The molecule has 0 aromatic heterocycles. The van der Waals surface area contributed by atoms with Gasteiger partial charge in [0.05, 0.1) is 13.1 Å². The number of carbonyl (C=O) groups excluding carboxylic acids is 1. The zero-order valence-electron chi connectivity index (χ0n) is 8.22. The Morgan fingerprint density at radius 3 is 3.07 bits per heavy atom. The number of nitrogens with two attached hydrogens (primary N) is 1. The van der Waals surface area contributed by atoms with Crippen LogP contribution in [0.2, 0.25) is 0 Å². The average molecular weight is 204 g/mol. The number of nitrogens with zero attached hydrogens (tertiary/aromatic N) is 1. The van der Waals surface area contributed by atoms with Crippen LogP contribution in [-0.4, -0.2) is 17.6 Å². The molecule has 0 bridgehead atoms. The normalized spacial score (nSPS) is 13.5. The molecular weight excluding hydrogens is 192 g/mol. The van der Waals surface area contributed by atoms with Gasteiger partial charge in [0.2, 0.25) is 0 Å². The Kier molecular flexibility index (Phi) is 2.69. The maximum atomic E-state index is 11.0. The van der Waals surface area contributed by atoms with E-state index >= 15 is 0 Å². The number of carbonyl (C=O) groups is 1. The van der Waals surface area contributed by atoms with Gasteiger partial charge in [0.25, 0.3) is 0 Å². The first-order valence-corrected chi connectivity index (χ1v) is 4.73. The molecule has 0 unspecified atom stereocenters. The molecule has 78 valence electrons. The first kappa shape index (κ1) is 9.73. The fraction of sp³-hybridized carbons (Fsp3) is 0.182. The van der Waals surface area contributed by atoms with E-state index in [0.29, 0.717) is 6.54 Å². The Hall–Kier alpha value is -1.81. The summed E-state index contributed by atoms with van der Waals surface area (Å²) in [6.45, 7) is 0.463. The van der Waals surface area contributed by atoms with E-state index < -0.39 is 5.97 Å². The van der Waals surface area contributed by atoms with Gasteiger partial charge in [-0.15, -0.1) is 0 Å². The summed E-state index contributed by atoms with van der Waals surface area (Å²) < 4.78 is 0. The number of fused-ring (bicyclic) bond motifs is 1. The number of benzene rings is 1. The third-order valence-electron chi connectivity index (χ3n) is 2.19. The van der Waals surface area contributed by atoms with Crippen molar-refractivity contribution in [1.29, 1.82) is 0 Å². The summed E-state index contributed by atoms with van der Waals surface area (Å²) in [7, 11) is 0. The van der Waals surface area contributed by atoms with Crippen molar-refractivity contribution in [1.82, 2.24) is 5.06 Å². The minimum absolute atomic E-state index is 0.105. The molecule has 4 heteroatoms. The molecule has 1 heterocycles. The molecular formula is C11H12N2O2. The highest BCUT2D eigenvalue weighted by Crippen LogP contribution is 2.19. The van der Waals surface area contributed by atoms with Crippen molar-refractivity contribution < 1.29 is 9.63 Å². The van der Waals surface area contributed by atoms with Gasteiger partial charge in [0, 0.05) is 6.20 Å². The van der Waals surface area contributed by atoms with Gasteiger partial charge in [-0.05, 0) is 17.2 Å². The number of hydrogen-bond acceptors (Lipinski definition) is 4. The third kappa shape index (κ3) is 2.16. The van der Waals surface area contributed by atoms with Crippen LogP contribution in [0, 0.1) is 0 Å². The highest BCUT2D eigenvalue weighted by molar-refractivity contribution is 5.71. The van der Waals surface area contributed by atoms with Gasteiger partial charge in [0.1, 0.15) is 0 Å². The van der Waals surface area contributed by atoms with Gasteiger partial charge in [-0.3, -0.25) is 0 Å². The lowest BCUT2D eigenvalue weighted by molar-refractivity contribution is -0.178. The van der Waals surface area contributed by atoms with E-state index in [2.05, 4.69) is 0 Å². The van der Waals surface area contributed by atoms with Gasteiger partial charge in [-0.1, -0.05) is 24.3 Å². The predicted octanol–water partition coefficient (Wildman–Crippen LogP) is 0.890. The van der Waals surface area contributed by atoms with Gasteiger partial charge < -0.3 is 10.6 Å². The van der Waals surface area contributed by atoms with Crippen molar-refractivity contribution in [3.8, 4) is 0 Å². The first-order valence-electron chi connectivity index (χ1n) is 4.73. The Labute approximate surface area is 87.9 Å². The maximum Gasteiger partial charge on any atom is 0.345 e. The highest BCUT2D eigenvalue weighted by Gasteiger charge is 2.12. The monoisotopic (exact) mass is 204 g/mol. The molecule has 0 radical (unpaired) electrons. The van der Waals surface area contributed by atoms with Crippen LogP contribution in [-0.2, 0) is 16.2 Å². The summed E-state index contributed by atoms with van der Waals surface area (Å²) in [6, 6.07) is 7.96. The minimum atomic E-state index is -0.431. The van der Waals surface area contributed by atoms with Gasteiger partial charge >= 0.3 is 5.97 Å². The fourth-order valence-electron chi connectivity index (χ4n) is 1.46. The van der Waals surface area contributed by atoms with Crippen molar-refractivity contribution in [2.24, 2.45) is 5.73 Å². The van der Waals surface area contributed by atoms with Crippen LogP contribution >= 0.6 is 0 Å². The maximum absolute atomic E-state index is 11.0. The summed E-state index contributed by atoms with van der Waals surface area (Å²) in [5.41, 5.74) is 7.44. The fourth-order valence-corrected chi connectivity index (χ4v) is 1.46. The molecule has 15 heavy (non-hydrogen) atoms. The molecule has 0 saturated carbocycles. The lowest BCUT2D eigenvalue weighted by Crippen LogP contribution is -2.28. The van der Waals surface area contributed by atoms with E-state index in [1.165, 1.54) is 5.06 Å². The van der Waals surface area contributed by atoms with E-state index in [1.807, 2.05) is 30.3 Å². The van der Waals surface area contributed by atoms with E-state index in [4.69, 9.17) is 10.6 Å².